The lowest BCUT2D eigenvalue weighted by Crippen LogP contribution is -2.28. The van der Waals surface area contributed by atoms with Gasteiger partial charge in [-0.1, -0.05) is 6.07 Å². The predicted molar refractivity (Wildman–Crippen MR) is 87.4 cm³/mol. The first-order chi connectivity index (χ1) is 11.6. The minimum Gasteiger partial charge on any atom is -0.478 e. The Bertz CT molecular complexity index is 763. The minimum absolute atomic E-state index is 0.0149. The Morgan fingerprint density at radius 3 is 2.75 bits per heavy atom. The van der Waals surface area contributed by atoms with Gasteiger partial charge >= 0.3 is 5.97 Å². The fraction of sp³-hybridized carbons (Fsp3) is 0.353. The molecule has 0 radical (unpaired) electrons. The van der Waals surface area contributed by atoms with Crippen molar-refractivity contribution < 1.29 is 19.4 Å². The van der Waals surface area contributed by atoms with Crippen LogP contribution in [0, 0.1) is 12.8 Å². The molecule has 0 saturated carbocycles. The van der Waals surface area contributed by atoms with Gasteiger partial charge in [0.05, 0.1) is 17.6 Å². The van der Waals surface area contributed by atoms with Gasteiger partial charge in [-0.2, -0.15) is 5.10 Å². The van der Waals surface area contributed by atoms with Crippen molar-refractivity contribution in [1.29, 1.82) is 0 Å². The van der Waals surface area contributed by atoms with E-state index in [0.29, 0.717) is 30.3 Å². The number of hydrogen-bond donors (Lipinski definition) is 2. The number of carboxylic acids is 1. The van der Waals surface area contributed by atoms with E-state index in [0.717, 1.165) is 12.8 Å². The molecule has 7 heteroatoms. The number of benzene rings is 1. The zero-order valence-corrected chi connectivity index (χ0v) is 13.4. The standard InChI is InChI=1S/C17H19N3O4/c1-11-15(17(22)23)10-18-20(11)14-4-2-3-13(9-14)19-16(21)12-5-7-24-8-6-12/h2-4,9-10,12H,5-8H2,1H3,(H,19,21)(H,22,23). The number of ether oxygens (including phenoxy) is 1. The molecule has 1 amide bonds. The van der Waals surface area contributed by atoms with Crippen LogP contribution in [0.5, 0.6) is 0 Å². The van der Waals surface area contributed by atoms with E-state index in [9.17, 15) is 9.59 Å². The highest BCUT2D eigenvalue weighted by Gasteiger charge is 2.21. The van der Waals surface area contributed by atoms with Gasteiger partial charge in [0, 0.05) is 24.8 Å². The second kappa shape index (κ2) is 6.84. The molecule has 0 bridgehead atoms. The number of nitrogens with one attached hydrogen (secondary N) is 1. The van der Waals surface area contributed by atoms with Gasteiger partial charge in [-0.25, -0.2) is 9.48 Å². The van der Waals surface area contributed by atoms with Crippen LogP contribution < -0.4 is 5.32 Å². The molecule has 1 saturated heterocycles. The second-order valence-electron chi connectivity index (χ2n) is 5.79. The summed E-state index contributed by atoms with van der Waals surface area (Å²) in [5.41, 5.74) is 2.06. The van der Waals surface area contributed by atoms with E-state index < -0.39 is 5.97 Å². The maximum atomic E-state index is 12.3. The summed E-state index contributed by atoms with van der Waals surface area (Å²) in [6, 6.07) is 7.20. The largest absolute Gasteiger partial charge is 0.478 e. The lowest BCUT2D eigenvalue weighted by Gasteiger charge is -2.21. The molecule has 24 heavy (non-hydrogen) atoms. The average molecular weight is 329 g/mol. The lowest BCUT2D eigenvalue weighted by molar-refractivity contribution is -0.122. The molecule has 1 aromatic heterocycles. The van der Waals surface area contributed by atoms with E-state index in [2.05, 4.69) is 10.4 Å². The van der Waals surface area contributed by atoms with Crippen molar-refractivity contribution in [2.24, 2.45) is 5.92 Å². The zero-order chi connectivity index (χ0) is 17.1. The normalized spacial score (nSPS) is 15.2. The van der Waals surface area contributed by atoms with Gasteiger partial charge < -0.3 is 15.2 Å². The second-order valence-corrected chi connectivity index (χ2v) is 5.79. The van der Waals surface area contributed by atoms with Crippen LogP contribution in [0.25, 0.3) is 5.69 Å². The Kier molecular flexibility index (Phi) is 4.61. The van der Waals surface area contributed by atoms with Gasteiger partial charge in [0.2, 0.25) is 5.91 Å². The Hall–Kier alpha value is -2.67. The number of nitrogens with zero attached hydrogens (tertiary/aromatic N) is 2. The minimum atomic E-state index is -1.01. The highest BCUT2D eigenvalue weighted by molar-refractivity contribution is 5.93. The number of carbonyl (C=O) groups is 2. The fourth-order valence-electron chi connectivity index (χ4n) is 2.80. The topological polar surface area (TPSA) is 93.5 Å². The SMILES string of the molecule is Cc1c(C(=O)O)cnn1-c1cccc(NC(=O)C2CCOCC2)c1. The van der Waals surface area contributed by atoms with E-state index >= 15 is 0 Å². The molecule has 126 valence electrons. The smallest absolute Gasteiger partial charge is 0.339 e. The molecule has 1 aliphatic rings. The molecule has 0 spiro atoms. The van der Waals surface area contributed by atoms with Gasteiger partial charge in [-0.15, -0.1) is 0 Å². The number of anilines is 1. The number of rotatable bonds is 4. The van der Waals surface area contributed by atoms with Crippen LogP contribution in [0.2, 0.25) is 0 Å². The predicted octanol–water partition coefficient (Wildman–Crippen LogP) is 2.24. The lowest BCUT2D eigenvalue weighted by atomic mass is 9.99. The van der Waals surface area contributed by atoms with Gasteiger partial charge in [-0.05, 0) is 38.0 Å². The molecule has 2 heterocycles. The van der Waals surface area contributed by atoms with Gasteiger partial charge in [0.1, 0.15) is 5.56 Å². The number of aromatic nitrogens is 2. The summed E-state index contributed by atoms with van der Waals surface area (Å²) in [4.78, 5) is 23.4. The molecule has 0 unspecified atom stereocenters. The summed E-state index contributed by atoms with van der Waals surface area (Å²) >= 11 is 0. The first-order valence-corrected chi connectivity index (χ1v) is 7.83. The summed E-state index contributed by atoms with van der Waals surface area (Å²) in [6.07, 6.45) is 2.78. The van der Waals surface area contributed by atoms with Crippen molar-refractivity contribution in [2.45, 2.75) is 19.8 Å². The van der Waals surface area contributed by atoms with E-state index in [1.165, 1.54) is 6.20 Å². The maximum Gasteiger partial charge on any atom is 0.339 e. The van der Waals surface area contributed by atoms with Crippen molar-refractivity contribution in [1.82, 2.24) is 9.78 Å². The van der Waals surface area contributed by atoms with Crippen molar-refractivity contribution >= 4 is 17.6 Å². The van der Waals surface area contributed by atoms with Crippen LogP contribution in [0.1, 0.15) is 28.9 Å². The maximum absolute atomic E-state index is 12.3. The van der Waals surface area contributed by atoms with Gasteiger partial charge in [0.25, 0.3) is 0 Å². The van der Waals surface area contributed by atoms with Crippen LogP contribution in [0.3, 0.4) is 0 Å². The van der Waals surface area contributed by atoms with Crippen LogP contribution in [0.4, 0.5) is 5.69 Å². The quantitative estimate of drug-likeness (QED) is 0.897. The van der Waals surface area contributed by atoms with Crippen LogP contribution >= 0.6 is 0 Å². The van der Waals surface area contributed by atoms with Crippen molar-refractivity contribution in [3.8, 4) is 5.69 Å². The monoisotopic (exact) mass is 329 g/mol. The molecule has 2 aromatic rings. The Morgan fingerprint density at radius 2 is 2.08 bits per heavy atom. The number of carboxylic acid groups (broad SMARTS) is 1. The third kappa shape index (κ3) is 3.30. The number of amides is 1. The summed E-state index contributed by atoms with van der Waals surface area (Å²) < 4.78 is 6.82. The van der Waals surface area contributed by atoms with Crippen molar-refractivity contribution in [3.63, 3.8) is 0 Å². The third-order valence-electron chi connectivity index (χ3n) is 4.19. The molecular formula is C17H19N3O4. The molecule has 1 fully saturated rings. The molecule has 3 rings (SSSR count). The number of aromatic carboxylic acids is 1. The average Bonchev–Trinajstić information content (AvgIpc) is 2.97. The van der Waals surface area contributed by atoms with Crippen LogP contribution in [-0.4, -0.2) is 40.0 Å². The van der Waals surface area contributed by atoms with E-state index in [1.54, 1.807) is 29.8 Å². The summed E-state index contributed by atoms with van der Waals surface area (Å²) in [6.45, 7) is 2.93. The number of carbonyl (C=O) groups excluding carboxylic acids is 1. The van der Waals surface area contributed by atoms with Crippen molar-refractivity contribution in [3.05, 3.63) is 41.7 Å². The molecular weight excluding hydrogens is 310 g/mol. The van der Waals surface area contributed by atoms with Gasteiger partial charge in [-0.3, -0.25) is 4.79 Å². The van der Waals surface area contributed by atoms with E-state index in [4.69, 9.17) is 9.84 Å². The fourth-order valence-corrected chi connectivity index (χ4v) is 2.80. The highest BCUT2D eigenvalue weighted by Crippen LogP contribution is 2.21. The first kappa shape index (κ1) is 16.2. The Labute approximate surface area is 139 Å². The van der Waals surface area contributed by atoms with Gasteiger partial charge in [0.15, 0.2) is 0 Å². The molecule has 0 atom stereocenters. The summed E-state index contributed by atoms with van der Waals surface area (Å²) in [5, 5.41) is 16.2. The van der Waals surface area contributed by atoms with Crippen LogP contribution in [-0.2, 0) is 9.53 Å². The molecule has 7 nitrogen and oxygen atoms in total. The Morgan fingerprint density at radius 1 is 1.33 bits per heavy atom. The molecule has 0 aliphatic carbocycles. The Balaban J connectivity index is 1.79. The van der Waals surface area contributed by atoms with Crippen molar-refractivity contribution in [2.75, 3.05) is 18.5 Å². The van der Waals surface area contributed by atoms with E-state index in [-0.39, 0.29) is 17.4 Å². The number of hydrogen-bond acceptors (Lipinski definition) is 4. The van der Waals surface area contributed by atoms with E-state index in [1.807, 2.05) is 6.07 Å². The third-order valence-corrected chi connectivity index (χ3v) is 4.19. The molecule has 2 N–H and O–H groups in total. The molecule has 1 aromatic carbocycles. The molecule has 1 aliphatic heterocycles. The zero-order valence-electron chi connectivity index (χ0n) is 13.4. The summed E-state index contributed by atoms with van der Waals surface area (Å²) in [5.74, 6) is -1.06. The van der Waals surface area contributed by atoms with Crippen LogP contribution in [0.15, 0.2) is 30.5 Å². The highest BCUT2D eigenvalue weighted by atomic mass is 16.5. The summed E-state index contributed by atoms with van der Waals surface area (Å²) in [7, 11) is 0. The first-order valence-electron chi connectivity index (χ1n) is 7.83.